The highest BCUT2D eigenvalue weighted by Crippen LogP contribution is 2.26. The molecule has 0 radical (unpaired) electrons. The molecule has 140 valence electrons. The second-order valence-corrected chi connectivity index (χ2v) is 7.58. The maximum atomic E-state index is 12.5. The highest BCUT2D eigenvalue weighted by molar-refractivity contribution is 7.14. The Morgan fingerprint density at radius 1 is 1.11 bits per heavy atom. The molecule has 0 spiro atoms. The number of aromatic nitrogens is 3. The lowest BCUT2D eigenvalue weighted by atomic mass is 10.1. The van der Waals surface area contributed by atoms with Gasteiger partial charge >= 0.3 is 0 Å². The van der Waals surface area contributed by atoms with Crippen molar-refractivity contribution in [3.63, 3.8) is 0 Å². The lowest BCUT2D eigenvalue weighted by Crippen LogP contribution is -2.11. The van der Waals surface area contributed by atoms with Crippen molar-refractivity contribution >= 4 is 22.4 Å². The molecule has 0 aliphatic heterocycles. The molecule has 0 aliphatic carbocycles. The number of aryl methyl sites for hydroxylation is 2. The maximum absolute atomic E-state index is 12.5. The Kier molecular flexibility index (Phi) is 5.04. The summed E-state index contributed by atoms with van der Waals surface area (Å²) < 4.78 is 1.99. The van der Waals surface area contributed by atoms with Crippen LogP contribution in [0.1, 0.15) is 27.0 Å². The van der Waals surface area contributed by atoms with Crippen LogP contribution in [-0.2, 0) is 6.54 Å². The van der Waals surface area contributed by atoms with E-state index in [9.17, 15) is 4.79 Å². The van der Waals surface area contributed by atoms with Gasteiger partial charge in [-0.25, -0.2) is 9.97 Å². The van der Waals surface area contributed by atoms with E-state index in [2.05, 4.69) is 47.3 Å². The van der Waals surface area contributed by atoms with Gasteiger partial charge < -0.3 is 4.57 Å². The Labute approximate surface area is 167 Å². The first-order chi connectivity index (χ1) is 13.6. The van der Waals surface area contributed by atoms with Crippen molar-refractivity contribution in [2.24, 2.45) is 0 Å². The summed E-state index contributed by atoms with van der Waals surface area (Å²) in [5.41, 5.74) is 6.14. The van der Waals surface area contributed by atoms with Gasteiger partial charge in [0.1, 0.15) is 0 Å². The molecule has 0 saturated heterocycles. The first-order valence-electron chi connectivity index (χ1n) is 8.98. The number of hydrogen-bond donors (Lipinski definition) is 1. The third kappa shape index (κ3) is 4.02. The first kappa shape index (κ1) is 18.1. The Balaban J connectivity index is 1.43. The van der Waals surface area contributed by atoms with Crippen LogP contribution in [0.5, 0.6) is 0 Å². The van der Waals surface area contributed by atoms with E-state index in [1.54, 1.807) is 12.5 Å². The number of amides is 1. The quantitative estimate of drug-likeness (QED) is 0.528. The SMILES string of the molecule is Cc1ccc(-c2csc(NC(=O)c3ccc(Cn4ccnc4)cc3)n2)cc1C. The Morgan fingerprint density at radius 2 is 1.93 bits per heavy atom. The molecule has 2 aromatic carbocycles. The van der Waals surface area contributed by atoms with Gasteiger partial charge in [0.15, 0.2) is 5.13 Å². The van der Waals surface area contributed by atoms with Crippen molar-refractivity contribution in [2.75, 3.05) is 5.32 Å². The van der Waals surface area contributed by atoms with Crippen molar-refractivity contribution in [1.29, 1.82) is 0 Å². The molecular formula is C22H20N4OS. The van der Waals surface area contributed by atoms with E-state index in [0.29, 0.717) is 10.7 Å². The predicted molar refractivity (Wildman–Crippen MR) is 113 cm³/mol. The van der Waals surface area contributed by atoms with Gasteiger partial charge in [0.2, 0.25) is 0 Å². The zero-order valence-corrected chi connectivity index (χ0v) is 16.5. The highest BCUT2D eigenvalue weighted by Gasteiger charge is 2.11. The van der Waals surface area contributed by atoms with E-state index in [-0.39, 0.29) is 5.91 Å². The van der Waals surface area contributed by atoms with Gasteiger partial charge in [-0.2, -0.15) is 0 Å². The van der Waals surface area contributed by atoms with E-state index < -0.39 is 0 Å². The van der Waals surface area contributed by atoms with Gasteiger partial charge in [-0.15, -0.1) is 11.3 Å². The summed E-state index contributed by atoms with van der Waals surface area (Å²) in [6, 6.07) is 13.8. The largest absolute Gasteiger partial charge is 0.333 e. The molecule has 0 saturated carbocycles. The van der Waals surface area contributed by atoms with E-state index in [4.69, 9.17) is 0 Å². The molecule has 2 heterocycles. The second-order valence-electron chi connectivity index (χ2n) is 6.72. The van der Waals surface area contributed by atoms with Crippen molar-refractivity contribution in [2.45, 2.75) is 20.4 Å². The third-order valence-corrected chi connectivity index (χ3v) is 5.43. The zero-order valence-electron chi connectivity index (χ0n) is 15.7. The molecule has 0 fully saturated rings. The summed E-state index contributed by atoms with van der Waals surface area (Å²) >= 11 is 1.43. The molecule has 1 amide bonds. The smallest absolute Gasteiger partial charge is 0.257 e. The Morgan fingerprint density at radius 3 is 2.64 bits per heavy atom. The van der Waals surface area contributed by atoms with Crippen molar-refractivity contribution in [3.05, 3.63) is 88.8 Å². The summed E-state index contributed by atoms with van der Waals surface area (Å²) in [6.07, 6.45) is 5.44. The number of nitrogens with zero attached hydrogens (tertiary/aromatic N) is 3. The van der Waals surface area contributed by atoms with Gasteiger partial charge in [0, 0.05) is 35.4 Å². The van der Waals surface area contributed by atoms with Crippen LogP contribution in [0, 0.1) is 13.8 Å². The number of rotatable bonds is 5. The average Bonchev–Trinajstić information content (AvgIpc) is 3.37. The molecule has 4 aromatic rings. The molecule has 2 aromatic heterocycles. The molecule has 0 bridgehead atoms. The van der Waals surface area contributed by atoms with E-state index in [1.165, 1.54) is 22.5 Å². The average molecular weight is 388 g/mol. The fraction of sp³-hybridized carbons (Fsp3) is 0.136. The van der Waals surface area contributed by atoms with Crippen LogP contribution in [0.25, 0.3) is 11.3 Å². The van der Waals surface area contributed by atoms with Gasteiger partial charge in [0.25, 0.3) is 5.91 Å². The lowest BCUT2D eigenvalue weighted by molar-refractivity contribution is 0.102. The number of nitrogens with one attached hydrogen (secondary N) is 1. The first-order valence-corrected chi connectivity index (χ1v) is 9.85. The number of thiazole rings is 1. The van der Waals surface area contributed by atoms with Crippen LogP contribution in [0.4, 0.5) is 5.13 Å². The molecule has 4 rings (SSSR count). The molecule has 0 aliphatic rings. The third-order valence-electron chi connectivity index (χ3n) is 4.67. The monoisotopic (exact) mass is 388 g/mol. The minimum absolute atomic E-state index is 0.157. The van der Waals surface area contributed by atoms with E-state index >= 15 is 0 Å². The fourth-order valence-corrected chi connectivity index (χ4v) is 3.60. The molecule has 5 nitrogen and oxygen atoms in total. The van der Waals surface area contributed by atoms with Crippen LogP contribution in [-0.4, -0.2) is 20.4 Å². The normalized spacial score (nSPS) is 10.8. The predicted octanol–water partition coefficient (Wildman–Crippen LogP) is 4.92. The molecular weight excluding hydrogens is 368 g/mol. The highest BCUT2D eigenvalue weighted by atomic mass is 32.1. The van der Waals surface area contributed by atoms with Crippen molar-refractivity contribution in [1.82, 2.24) is 14.5 Å². The lowest BCUT2D eigenvalue weighted by Gasteiger charge is -2.05. The molecule has 6 heteroatoms. The number of imidazole rings is 1. The van der Waals surface area contributed by atoms with Crippen LogP contribution >= 0.6 is 11.3 Å². The Hall–Kier alpha value is -3.25. The van der Waals surface area contributed by atoms with Gasteiger partial charge in [-0.1, -0.05) is 24.3 Å². The van der Waals surface area contributed by atoms with Crippen LogP contribution < -0.4 is 5.32 Å². The number of anilines is 1. The molecule has 0 atom stereocenters. The topological polar surface area (TPSA) is 59.8 Å². The molecule has 0 unspecified atom stereocenters. The summed E-state index contributed by atoms with van der Waals surface area (Å²) in [5.74, 6) is -0.157. The molecule has 28 heavy (non-hydrogen) atoms. The minimum atomic E-state index is -0.157. The van der Waals surface area contributed by atoms with Crippen LogP contribution in [0.15, 0.2) is 66.6 Å². The number of hydrogen-bond acceptors (Lipinski definition) is 4. The molecule has 1 N–H and O–H groups in total. The summed E-state index contributed by atoms with van der Waals surface area (Å²) in [5, 5.41) is 5.46. The minimum Gasteiger partial charge on any atom is -0.333 e. The Bertz CT molecular complexity index is 1100. The standard InChI is InChI=1S/C22H20N4OS/c1-15-3-6-19(11-16(15)2)20-13-28-22(24-20)25-21(27)18-7-4-17(5-8-18)12-26-10-9-23-14-26/h3-11,13-14H,12H2,1-2H3,(H,24,25,27). The maximum Gasteiger partial charge on any atom is 0.257 e. The van der Waals surface area contributed by atoms with Gasteiger partial charge in [-0.05, 0) is 48.7 Å². The summed E-state index contributed by atoms with van der Waals surface area (Å²) in [7, 11) is 0. The van der Waals surface area contributed by atoms with Crippen molar-refractivity contribution < 1.29 is 4.79 Å². The number of benzene rings is 2. The number of carbonyl (C=O) groups is 1. The van der Waals surface area contributed by atoms with Gasteiger partial charge in [-0.3, -0.25) is 10.1 Å². The van der Waals surface area contributed by atoms with E-state index in [0.717, 1.165) is 23.4 Å². The summed E-state index contributed by atoms with van der Waals surface area (Å²) in [4.78, 5) is 21.1. The van der Waals surface area contributed by atoms with Crippen molar-refractivity contribution in [3.8, 4) is 11.3 Å². The summed E-state index contributed by atoms with van der Waals surface area (Å²) in [6.45, 7) is 4.91. The fourth-order valence-electron chi connectivity index (χ4n) is 2.89. The van der Waals surface area contributed by atoms with Crippen LogP contribution in [0.3, 0.4) is 0 Å². The van der Waals surface area contributed by atoms with E-state index in [1.807, 2.05) is 40.4 Å². The second kappa shape index (κ2) is 7.78. The van der Waals surface area contributed by atoms with Gasteiger partial charge in [0.05, 0.1) is 12.0 Å². The zero-order chi connectivity index (χ0) is 19.5. The van der Waals surface area contributed by atoms with Crippen LogP contribution in [0.2, 0.25) is 0 Å². The number of carbonyl (C=O) groups excluding carboxylic acids is 1.